The zero-order valence-electron chi connectivity index (χ0n) is 12.6. The van der Waals surface area contributed by atoms with E-state index in [1.54, 1.807) is 0 Å². The first kappa shape index (κ1) is 18.0. The van der Waals surface area contributed by atoms with Gasteiger partial charge in [0.15, 0.2) is 0 Å². The summed E-state index contributed by atoms with van der Waals surface area (Å²) in [6, 6.07) is 3.62. The third kappa shape index (κ3) is 5.35. The summed E-state index contributed by atoms with van der Waals surface area (Å²) >= 11 is 0. The molecular weight excluding hydrogens is 293 g/mol. The number of nitrogens with zero attached hydrogens (tertiary/aromatic N) is 1. The Balaban J connectivity index is 2.76. The second-order valence-corrected chi connectivity index (χ2v) is 6.52. The van der Waals surface area contributed by atoms with Crippen molar-refractivity contribution >= 4 is 10.0 Å². The molecule has 0 aliphatic carbocycles. The van der Waals surface area contributed by atoms with Gasteiger partial charge >= 0.3 is 0 Å². The van der Waals surface area contributed by atoms with Gasteiger partial charge in [-0.25, -0.2) is 17.5 Å². The van der Waals surface area contributed by atoms with Gasteiger partial charge in [-0.2, -0.15) is 0 Å². The van der Waals surface area contributed by atoms with Crippen molar-refractivity contribution < 1.29 is 12.8 Å². The molecule has 7 heteroatoms. The Hall–Kier alpha value is -1.02. The first-order chi connectivity index (χ1) is 9.94. The zero-order chi connectivity index (χ0) is 15.9. The highest BCUT2D eigenvalue weighted by molar-refractivity contribution is 7.89. The molecule has 0 aromatic heterocycles. The van der Waals surface area contributed by atoms with E-state index >= 15 is 0 Å². The summed E-state index contributed by atoms with van der Waals surface area (Å²) in [6.45, 7) is 6.85. The molecule has 0 saturated carbocycles. The minimum atomic E-state index is -3.74. The largest absolute Gasteiger partial charge is 0.326 e. The molecule has 1 rings (SSSR count). The number of likely N-dealkylation sites (N-methyl/N-ethyl adjacent to an activating group) is 1. The summed E-state index contributed by atoms with van der Waals surface area (Å²) in [7, 11) is -3.74. The molecule has 3 N–H and O–H groups in total. The Bertz CT molecular complexity index is 549. The smallest absolute Gasteiger partial charge is 0.241 e. The Morgan fingerprint density at radius 3 is 2.57 bits per heavy atom. The van der Waals surface area contributed by atoms with Crippen LogP contribution in [0.4, 0.5) is 4.39 Å². The maximum absolute atomic E-state index is 13.3. The number of sulfonamides is 1. The zero-order valence-corrected chi connectivity index (χ0v) is 13.4. The first-order valence-corrected chi connectivity index (χ1v) is 8.63. The van der Waals surface area contributed by atoms with Gasteiger partial charge in [-0.05, 0) is 37.2 Å². The lowest BCUT2D eigenvalue weighted by Gasteiger charge is -2.19. The highest BCUT2D eigenvalue weighted by atomic mass is 32.2. The number of nitrogens with two attached hydrogens (primary N) is 1. The van der Waals surface area contributed by atoms with Crippen LogP contribution in [0.1, 0.15) is 25.8 Å². The Morgan fingerprint density at radius 1 is 1.29 bits per heavy atom. The van der Waals surface area contributed by atoms with Crippen molar-refractivity contribution in [3.8, 4) is 0 Å². The van der Waals surface area contributed by atoms with E-state index in [1.807, 2.05) is 6.92 Å². The molecule has 120 valence electrons. The number of hydrogen-bond acceptors (Lipinski definition) is 4. The van der Waals surface area contributed by atoms with Gasteiger partial charge in [-0.3, -0.25) is 0 Å². The van der Waals surface area contributed by atoms with Crippen LogP contribution in [-0.2, 0) is 16.6 Å². The van der Waals surface area contributed by atoms with Gasteiger partial charge in [-0.15, -0.1) is 0 Å². The predicted octanol–water partition coefficient (Wildman–Crippen LogP) is 1.29. The van der Waals surface area contributed by atoms with Crippen molar-refractivity contribution in [1.82, 2.24) is 9.62 Å². The van der Waals surface area contributed by atoms with E-state index in [-0.39, 0.29) is 18.0 Å². The monoisotopic (exact) mass is 317 g/mol. The molecule has 21 heavy (non-hydrogen) atoms. The molecule has 0 atom stereocenters. The van der Waals surface area contributed by atoms with Crippen LogP contribution in [-0.4, -0.2) is 39.5 Å². The van der Waals surface area contributed by atoms with E-state index in [9.17, 15) is 12.8 Å². The fraction of sp³-hybridized carbons (Fsp3) is 0.571. The summed E-state index contributed by atoms with van der Waals surface area (Å²) in [5.41, 5.74) is 5.92. The van der Waals surface area contributed by atoms with Gasteiger partial charge in [0, 0.05) is 19.6 Å². The third-order valence-electron chi connectivity index (χ3n) is 3.25. The molecule has 0 aliphatic rings. The third-order valence-corrected chi connectivity index (χ3v) is 4.79. The molecule has 0 aliphatic heterocycles. The van der Waals surface area contributed by atoms with E-state index in [1.165, 1.54) is 12.1 Å². The molecule has 0 unspecified atom stereocenters. The molecule has 0 fully saturated rings. The van der Waals surface area contributed by atoms with Crippen LogP contribution in [0.3, 0.4) is 0 Å². The van der Waals surface area contributed by atoms with Crippen LogP contribution < -0.4 is 10.5 Å². The average molecular weight is 317 g/mol. The molecule has 0 heterocycles. The van der Waals surface area contributed by atoms with Crippen molar-refractivity contribution in [2.75, 3.05) is 26.2 Å². The Morgan fingerprint density at radius 2 is 2.00 bits per heavy atom. The molecule has 1 aromatic carbocycles. The van der Waals surface area contributed by atoms with Gasteiger partial charge in [0.25, 0.3) is 0 Å². The van der Waals surface area contributed by atoms with Crippen LogP contribution in [0, 0.1) is 5.82 Å². The predicted molar refractivity (Wildman–Crippen MR) is 81.9 cm³/mol. The van der Waals surface area contributed by atoms with E-state index in [0.29, 0.717) is 12.1 Å². The molecule has 0 spiro atoms. The Kier molecular flexibility index (Phi) is 7.24. The maximum atomic E-state index is 13.3. The lowest BCUT2D eigenvalue weighted by atomic mass is 10.2. The lowest BCUT2D eigenvalue weighted by molar-refractivity contribution is 0.293. The van der Waals surface area contributed by atoms with Crippen LogP contribution in [0.5, 0.6) is 0 Å². The van der Waals surface area contributed by atoms with Crippen molar-refractivity contribution in [3.63, 3.8) is 0 Å². The number of rotatable bonds is 9. The van der Waals surface area contributed by atoms with Gasteiger partial charge < -0.3 is 10.6 Å². The lowest BCUT2D eigenvalue weighted by Crippen LogP contribution is -2.35. The number of nitrogens with one attached hydrogen (secondary N) is 1. The fourth-order valence-electron chi connectivity index (χ4n) is 2.11. The van der Waals surface area contributed by atoms with Crippen molar-refractivity contribution in [1.29, 1.82) is 0 Å². The van der Waals surface area contributed by atoms with E-state index in [2.05, 4.69) is 16.5 Å². The normalized spacial score (nSPS) is 12.0. The van der Waals surface area contributed by atoms with Crippen LogP contribution in [0.25, 0.3) is 0 Å². The standard InChI is InChI=1S/C14H24FN3O2S/c1-3-8-18(4-2)9-7-17-21(19,20)14-10-13(15)6-5-12(14)11-16/h5-6,10,17H,3-4,7-9,11,16H2,1-2H3. The summed E-state index contributed by atoms with van der Waals surface area (Å²) in [4.78, 5) is 2.07. The van der Waals surface area contributed by atoms with Crippen LogP contribution >= 0.6 is 0 Å². The summed E-state index contributed by atoms with van der Waals surface area (Å²) in [5.74, 6) is -0.589. The van der Waals surface area contributed by atoms with Crippen LogP contribution in [0.2, 0.25) is 0 Å². The highest BCUT2D eigenvalue weighted by Gasteiger charge is 2.18. The quantitative estimate of drug-likeness (QED) is 0.720. The second kappa shape index (κ2) is 8.43. The van der Waals surface area contributed by atoms with Crippen molar-refractivity contribution in [2.45, 2.75) is 31.7 Å². The van der Waals surface area contributed by atoms with E-state index in [0.717, 1.165) is 25.6 Å². The summed E-state index contributed by atoms with van der Waals surface area (Å²) in [5, 5.41) is 0. The molecular formula is C14H24FN3O2S. The van der Waals surface area contributed by atoms with Gasteiger partial charge in [0.05, 0.1) is 4.90 Å². The van der Waals surface area contributed by atoms with Gasteiger partial charge in [-0.1, -0.05) is 19.9 Å². The molecule has 0 amide bonds. The minimum absolute atomic E-state index is 0.0491. The van der Waals surface area contributed by atoms with Crippen LogP contribution in [0.15, 0.2) is 23.1 Å². The maximum Gasteiger partial charge on any atom is 0.241 e. The van der Waals surface area contributed by atoms with E-state index < -0.39 is 15.8 Å². The van der Waals surface area contributed by atoms with Crippen molar-refractivity contribution in [3.05, 3.63) is 29.6 Å². The fourth-order valence-corrected chi connectivity index (χ4v) is 3.39. The number of halogens is 1. The average Bonchev–Trinajstić information content (AvgIpc) is 2.46. The number of hydrogen-bond donors (Lipinski definition) is 2. The molecule has 5 nitrogen and oxygen atoms in total. The molecule has 1 aromatic rings. The summed E-state index contributed by atoms with van der Waals surface area (Å²) < 4.78 is 40.3. The topological polar surface area (TPSA) is 75.4 Å². The van der Waals surface area contributed by atoms with Crippen molar-refractivity contribution in [2.24, 2.45) is 5.73 Å². The molecule has 0 radical (unpaired) electrons. The molecule has 0 saturated heterocycles. The Labute approximate surface area is 126 Å². The first-order valence-electron chi connectivity index (χ1n) is 7.15. The highest BCUT2D eigenvalue weighted by Crippen LogP contribution is 2.16. The summed E-state index contributed by atoms with van der Waals surface area (Å²) in [6.07, 6.45) is 1.02. The number of benzene rings is 1. The SMILES string of the molecule is CCCN(CC)CCNS(=O)(=O)c1cc(F)ccc1CN. The second-order valence-electron chi connectivity index (χ2n) is 4.79. The van der Waals surface area contributed by atoms with E-state index in [4.69, 9.17) is 5.73 Å². The molecule has 0 bridgehead atoms. The van der Waals surface area contributed by atoms with Gasteiger partial charge in [0.2, 0.25) is 10.0 Å². The minimum Gasteiger partial charge on any atom is -0.326 e. The van der Waals surface area contributed by atoms with Gasteiger partial charge in [0.1, 0.15) is 5.82 Å².